The lowest BCUT2D eigenvalue weighted by Crippen LogP contribution is -2.48. The molecule has 0 amide bonds. The number of aliphatic imine (C=N–C) groups is 1. The van der Waals surface area contributed by atoms with Gasteiger partial charge in [0.2, 0.25) is 0 Å². The van der Waals surface area contributed by atoms with Gasteiger partial charge in [0.25, 0.3) is 0 Å². The molecule has 1 aliphatic heterocycles. The molecule has 1 saturated heterocycles. The molecule has 0 saturated carbocycles. The number of piperidine rings is 1. The van der Waals surface area contributed by atoms with Gasteiger partial charge in [-0.1, -0.05) is 6.07 Å². The van der Waals surface area contributed by atoms with E-state index in [0.29, 0.717) is 12.6 Å². The fourth-order valence-corrected chi connectivity index (χ4v) is 3.89. The Balaban J connectivity index is 0.00000385. The highest BCUT2D eigenvalue weighted by Gasteiger charge is 2.21. The summed E-state index contributed by atoms with van der Waals surface area (Å²) in [6, 6.07) is 10.5. The van der Waals surface area contributed by atoms with Crippen LogP contribution in [-0.2, 0) is 6.54 Å². The van der Waals surface area contributed by atoms with Crippen LogP contribution >= 0.6 is 24.0 Å². The molecule has 0 atom stereocenters. The number of guanidine groups is 1. The number of hydrogen-bond acceptors (Lipinski definition) is 6. The second-order valence-electron chi connectivity index (χ2n) is 8.05. The lowest BCUT2D eigenvalue weighted by molar-refractivity contribution is 0.393. The maximum Gasteiger partial charge on any atom is 0.191 e. The van der Waals surface area contributed by atoms with Crippen molar-refractivity contribution in [3.63, 3.8) is 0 Å². The minimum absolute atomic E-state index is 0. The molecule has 33 heavy (non-hydrogen) atoms. The van der Waals surface area contributed by atoms with Crippen molar-refractivity contribution in [3.8, 4) is 11.5 Å². The van der Waals surface area contributed by atoms with Crippen LogP contribution in [0.15, 0.2) is 41.5 Å². The molecule has 9 heteroatoms. The van der Waals surface area contributed by atoms with Crippen molar-refractivity contribution < 1.29 is 9.47 Å². The molecule has 2 N–H and O–H groups in total. The third-order valence-corrected chi connectivity index (χ3v) is 5.58. The van der Waals surface area contributed by atoms with Crippen LogP contribution in [0.25, 0.3) is 0 Å². The molecule has 0 bridgehead atoms. The number of methoxy groups -OCH3 is 2. The van der Waals surface area contributed by atoms with E-state index in [9.17, 15) is 0 Å². The first-order valence-electron chi connectivity index (χ1n) is 11.2. The zero-order chi connectivity index (χ0) is 22.9. The van der Waals surface area contributed by atoms with E-state index >= 15 is 0 Å². The molecule has 0 unspecified atom stereocenters. The number of pyridine rings is 1. The number of benzene rings is 1. The molecule has 1 aliphatic rings. The molecule has 2 aromatic rings. The van der Waals surface area contributed by atoms with Gasteiger partial charge in [-0.05, 0) is 25.8 Å². The van der Waals surface area contributed by atoms with Gasteiger partial charge in [0, 0.05) is 75.4 Å². The minimum Gasteiger partial charge on any atom is -0.497 e. The van der Waals surface area contributed by atoms with Crippen molar-refractivity contribution >= 4 is 41.4 Å². The molecule has 0 spiro atoms. The molecular formula is C24H37IN6O2. The Morgan fingerprint density at radius 1 is 1.15 bits per heavy atom. The topological polar surface area (TPSA) is 74.3 Å². The summed E-state index contributed by atoms with van der Waals surface area (Å²) in [5.74, 6) is 3.43. The van der Waals surface area contributed by atoms with Gasteiger partial charge in [0.05, 0.1) is 20.8 Å². The van der Waals surface area contributed by atoms with Crippen molar-refractivity contribution in [3.05, 3.63) is 42.1 Å². The Hall–Kier alpha value is -2.43. The van der Waals surface area contributed by atoms with Gasteiger partial charge in [-0.3, -0.25) is 0 Å². The highest BCUT2D eigenvalue weighted by Crippen LogP contribution is 2.30. The summed E-state index contributed by atoms with van der Waals surface area (Å²) >= 11 is 0. The average Bonchev–Trinajstić information content (AvgIpc) is 2.82. The Kier molecular flexibility index (Phi) is 10.8. The maximum absolute atomic E-state index is 5.42. The Morgan fingerprint density at radius 3 is 2.39 bits per heavy atom. The van der Waals surface area contributed by atoms with Gasteiger partial charge in [0.15, 0.2) is 5.96 Å². The maximum atomic E-state index is 5.42. The zero-order valence-electron chi connectivity index (χ0n) is 20.3. The molecule has 8 nitrogen and oxygen atoms in total. The van der Waals surface area contributed by atoms with Crippen LogP contribution in [-0.4, -0.2) is 64.9 Å². The van der Waals surface area contributed by atoms with Crippen molar-refractivity contribution in [1.29, 1.82) is 0 Å². The predicted molar refractivity (Wildman–Crippen MR) is 147 cm³/mol. The number of nitrogens with one attached hydrogen (secondary N) is 2. The Morgan fingerprint density at radius 2 is 1.82 bits per heavy atom. The summed E-state index contributed by atoms with van der Waals surface area (Å²) in [5, 5.41) is 7.00. The van der Waals surface area contributed by atoms with Crippen molar-refractivity contribution in [2.75, 3.05) is 57.7 Å². The van der Waals surface area contributed by atoms with Gasteiger partial charge in [-0.25, -0.2) is 9.98 Å². The summed E-state index contributed by atoms with van der Waals surface area (Å²) < 4.78 is 10.8. The highest BCUT2D eigenvalue weighted by atomic mass is 127. The van der Waals surface area contributed by atoms with Crippen LogP contribution in [0.3, 0.4) is 0 Å². The summed E-state index contributed by atoms with van der Waals surface area (Å²) in [7, 11) is 7.38. The van der Waals surface area contributed by atoms with Crippen LogP contribution in [0, 0.1) is 0 Å². The van der Waals surface area contributed by atoms with Crippen LogP contribution in [0.5, 0.6) is 11.5 Å². The number of ether oxygens (including phenoxy) is 2. The van der Waals surface area contributed by atoms with E-state index in [-0.39, 0.29) is 24.0 Å². The molecule has 0 radical (unpaired) electrons. The number of hydrogen-bond donors (Lipinski definition) is 2. The zero-order valence-corrected chi connectivity index (χ0v) is 22.6. The van der Waals surface area contributed by atoms with Gasteiger partial charge in [-0.15, -0.1) is 24.0 Å². The molecular weight excluding hydrogens is 531 g/mol. The summed E-state index contributed by atoms with van der Waals surface area (Å²) in [6.45, 7) is 5.41. The minimum atomic E-state index is 0. The van der Waals surface area contributed by atoms with E-state index in [1.807, 2.05) is 37.3 Å². The SMILES string of the molecule is CCNC(=NCc1cccnc1N(C)C)NC1CCN(c2cc(OC)cc(OC)c2)CC1.I. The molecule has 182 valence electrons. The summed E-state index contributed by atoms with van der Waals surface area (Å²) in [4.78, 5) is 13.7. The monoisotopic (exact) mass is 568 g/mol. The van der Waals surface area contributed by atoms with Gasteiger partial charge in [-0.2, -0.15) is 0 Å². The van der Waals surface area contributed by atoms with Gasteiger partial charge < -0.3 is 29.9 Å². The van der Waals surface area contributed by atoms with E-state index in [0.717, 1.165) is 67.0 Å². The normalized spacial score (nSPS) is 14.3. The third kappa shape index (κ3) is 7.55. The molecule has 1 aromatic carbocycles. The van der Waals surface area contributed by atoms with Crippen LogP contribution in [0.4, 0.5) is 11.5 Å². The number of nitrogens with zero attached hydrogens (tertiary/aromatic N) is 4. The van der Waals surface area contributed by atoms with Crippen LogP contribution in [0.2, 0.25) is 0 Å². The van der Waals surface area contributed by atoms with E-state index in [1.165, 1.54) is 0 Å². The summed E-state index contributed by atoms with van der Waals surface area (Å²) in [6.07, 6.45) is 3.87. The van der Waals surface area contributed by atoms with Crippen LogP contribution in [0.1, 0.15) is 25.3 Å². The Labute approximate surface area is 214 Å². The summed E-state index contributed by atoms with van der Waals surface area (Å²) in [5.41, 5.74) is 2.24. The fourth-order valence-electron chi connectivity index (χ4n) is 3.89. The second-order valence-corrected chi connectivity index (χ2v) is 8.05. The van der Waals surface area contributed by atoms with E-state index in [1.54, 1.807) is 14.2 Å². The predicted octanol–water partition coefficient (Wildman–Crippen LogP) is 3.51. The molecule has 0 aliphatic carbocycles. The second kappa shape index (κ2) is 13.3. The van der Waals surface area contributed by atoms with Gasteiger partial charge >= 0.3 is 0 Å². The first-order chi connectivity index (χ1) is 15.5. The number of anilines is 2. The number of aromatic nitrogens is 1. The lowest BCUT2D eigenvalue weighted by atomic mass is 10.0. The van der Waals surface area contributed by atoms with Crippen LogP contribution < -0.4 is 29.9 Å². The molecule has 1 aromatic heterocycles. The molecule has 2 heterocycles. The first kappa shape index (κ1) is 26.8. The quantitative estimate of drug-likeness (QED) is 0.287. The van der Waals surface area contributed by atoms with E-state index < -0.39 is 0 Å². The smallest absolute Gasteiger partial charge is 0.191 e. The molecule has 3 rings (SSSR count). The van der Waals surface area contributed by atoms with Gasteiger partial charge in [0.1, 0.15) is 17.3 Å². The third-order valence-electron chi connectivity index (χ3n) is 5.58. The van der Waals surface area contributed by atoms with E-state index in [4.69, 9.17) is 14.5 Å². The van der Waals surface area contributed by atoms with Crippen molar-refractivity contribution in [2.24, 2.45) is 4.99 Å². The standard InChI is InChI=1S/C24H36N6O2.HI/c1-6-25-24(27-17-18-8-7-11-26-23(18)29(2)3)28-19-9-12-30(13-10-19)20-14-21(31-4)16-22(15-20)32-5;/h7-8,11,14-16,19H,6,9-10,12-13,17H2,1-5H3,(H2,25,27,28);1H. The largest absolute Gasteiger partial charge is 0.497 e. The average molecular weight is 569 g/mol. The van der Waals surface area contributed by atoms with Crippen molar-refractivity contribution in [1.82, 2.24) is 15.6 Å². The number of halogens is 1. The lowest BCUT2D eigenvalue weighted by Gasteiger charge is -2.34. The van der Waals surface area contributed by atoms with Crippen molar-refractivity contribution in [2.45, 2.75) is 32.4 Å². The molecule has 1 fully saturated rings. The Bertz CT molecular complexity index is 878. The first-order valence-corrected chi connectivity index (χ1v) is 11.2. The van der Waals surface area contributed by atoms with E-state index in [2.05, 4.69) is 45.6 Å². The fraction of sp³-hybridized carbons (Fsp3) is 0.500. The highest BCUT2D eigenvalue weighted by molar-refractivity contribution is 14.0. The number of rotatable bonds is 8.